The molecule has 1 aromatic rings. The number of ether oxygens (including phenoxy) is 1. The Labute approximate surface area is 76.5 Å². The van der Waals surface area contributed by atoms with Gasteiger partial charge in [-0.1, -0.05) is 0 Å². The molecular formula is C6H3ClF2N2O2. The van der Waals surface area contributed by atoms with Gasteiger partial charge < -0.3 is 4.74 Å². The molecule has 0 radical (unpaired) electrons. The Morgan fingerprint density at radius 2 is 2.15 bits per heavy atom. The second-order valence-electron chi connectivity index (χ2n) is 1.89. The SMILES string of the molecule is O=C(Cl)c1cnc(OC(F)F)cn1. The number of hydrogen-bond acceptors (Lipinski definition) is 4. The predicted octanol–water partition coefficient (Wildman–Crippen LogP) is 1.46. The first-order valence-corrected chi connectivity index (χ1v) is 3.44. The molecule has 1 rings (SSSR count). The van der Waals surface area contributed by atoms with Crippen molar-refractivity contribution in [2.24, 2.45) is 0 Å². The van der Waals surface area contributed by atoms with Crippen LogP contribution < -0.4 is 4.74 Å². The van der Waals surface area contributed by atoms with Gasteiger partial charge in [-0.2, -0.15) is 8.78 Å². The highest BCUT2D eigenvalue weighted by Crippen LogP contribution is 2.08. The molecule has 0 spiro atoms. The van der Waals surface area contributed by atoms with E-state index in [2.05, 4.69) is 14.7 Å². The zero-order valence-corrected chi connectivity index (χ0v) is 6.83. The molecule has 0 bridgehead atoms. The van der Waals surface area contributed by atoms with Gasteiger partial charge in [0, 0.05) is 0 Å². The van der Waals surface area contributed by atoms with Crippen molar-refractivity contribution in [3.63, 3.8) is 0 Å². The Hall–Kier alpha value is -1.30. The van der Waals surface area contributed by atoms with E-state index in [1.165, 1.54) is 0 Å². The average molecular weight is 209 g/mol. The molecule has 0 unspecified atom stereocenters. The van der Waals surface area contributed by atoms with E-state index in [1.807, 2.05) is 0 Å². The van der Waals surface area contributed by atoms with Crippen molar-refractivity contribution >= 4 is 16.8 Å². The fourth-order valence-electron chi connectivity index (χ4n) is 0.570. The highest BCUT2D eigenvalue weighted by atomic mass is 35.5. The van der Waals surface area contributed by atoms with E-state index in [9.17, 15) is 13.6 Å². The van der Waals surface area contributed by atoms with Crippen LogP contribution in [0.1, 0.15) is 10.5 Å². The molecule has 0 amide bonds. The summed E-state index contributed by atoms with van der Waals surface area (Å²) in [5, 5.41) is -0.809. The van der Waals surface area contributed by atoms with Crippen molar-refractivity contribution in [2.75, 3.05) is 0 Å². The van der Waals surface area contributed by atoms with Gasteiger partial charge in [0.25, 0.3) is 5.24 Å². The molecule has 0 aliphatic heterocycles. The largest absolute Gasteiger partial charge is 0.415 e. The highest BCUT2D eigenvalue weighted by molar-refractivity contribution is 6.67. The monoisotopic (exact) mass is 208 g/mol. The van der Waals surface area contributed by atoms with E-state index in [4.69, 9.17) is 11.6 Å². The van der Waals surface area contributed by atoms with Crippen molar-refractivity contribution < 1.29 is 18.3 Å². The molecule has 4 nitrogen and oxygen atoms in total. The third kappa shape index (κ3) is 2.90. The van der Waals surface area contributed by atoms with Gasteiger partial charge in [-0.3, -0.25) is 4.79 Å². The number of alkyl halides is 2. The summed E-state index contributed by atoms with van der Waals surface area (Å²) in [5.74, 6) is -0.364. The summed E-state index contributed by atoms with van der Waals surface area (Å²) in [7, 11) is 0. The molecule has 70 valence electrons. The normalized spacial score (nSPS) is 10.2. The van der Waals surface area contributed by atoms with Crippen LogP contribution >= 0.6 is 11.6 Å². The lowest BCUT2D eigenvalue weighted by atomic mass is 10.5. The summed E-state index contributed by atoms with van der Waals surface area (Å²) >= 11 is 5.03. The van der Waals surface area contributed by atoms with Gasteiger partial charge in [0.2, 0.25) is 5.88 Å². The molecule has 0 aliphatic carbocycles. The molecule has 13 heavy (non-hydrogen) atoms. The number of rotatable bonds is 3. The first-order valence-electron chi connectivity index (χ1n) is 3.06. The molecule has 7 heteroatoms. The van der Waals surface area contributed by atoms with E-state index in [-0.39, 0.29) is 11.6 Å². The van der Waals surface area contributed by atoms with Crippen molar-refractivity contribution in [3.05, 3.63) is 18.1 Å². The number of hydrogen-bond donors (Lipinski definition) is 0. The maximum Gasteiger partial charge on any atom is 0.388 e. The average Bonchev–Trinajstić information content (AvgIpc) is 2.04. The maximum atomic E-state index is 11.6. The van der Waals surface area contributed by atoms with E-state index in [0.717, 1.165) is 12.4 Å². The standard InChI is InChI=1S/C6H3ClF2N2O2/c7-5(12)3-1-11-4(2-10-3)13-6(8)9/h1-2,6H. The van der Waals surface area contributed by atoms with Crippen LogP contribution in [0.2, 0.25) is 0 Å². The quantitative estimate of drug-likeness (QED) is 0.706. The summed E-state index contributed by atoms with van der Waals surface area (Å²) in [5.41, 5.74) is -0.122. The Kier molecular flexibility index (Phi) is 3.07. The van der Waals surface area contributed by atoms with Gasteiger partial charge in [0.15, 0.2) is 0 Å². The molecule has 0 saturated carbocycles. The summed E-state index contributed by atoms with van der Waals surface area (Å²) in [4.78, 5) is 17.3. The molecule has 0 atom stereocenters. The Morgan fingerprint density at radius 1 is 1.46 bits per heavy atom. The third-order valence-electron chi connectivity index (χ3n) is 1.04. The lowest BCUT2D eigenvalue weighted by Crippen LogP contribution is -2.05. The van der Waals surface area contributed by atoms with Crippen molar-refractivity contribution in [1.29, 1.82) is 0 Å². The van der Waals surface area contributed by atoms with E-state index >= 15 is 0 Å². The van der Waals surface area contributed by atoms with Crippen LogP contribution in [-0.4, -0.2) is 21.8 Å². The minimum atomic E-state index is -2.97. The molecule has 1 heterocycles. The van der Waals surface area contributed by atoms with Crippen molar-refractivity contribution in [2.45, 2.75) is 6.61 Å². The van der Waals surface area contributed by atoms with Crippen LogP contribution in [0, 0.1) is 0 Å². The lowest BCUT2D eigenvalue weighted by Gasteiger charge is -2.01. The lowest BCUT2D eigenvalue weighted by molar-refractivity contribution is -0.0531. The fourth-order valence-corrected chi connectivity index (χ4v) is 0.667. The van der Waals surface area contributed by atoms with Gasteiger partial charge in [0.1, 0.15) is 5.69 Å². The molecule has 0 fully saturated rings. The van der Waals surface area contributed by atoms with Gasteiger partial charge in [-0.05, 0) is 11.6 Å². The molecule has 0 saturated heterocycles. The van der Waals surface area contributed by atoms with E-state index in [0.29, 0.717) is 0 Å². The number of aromatic nitrogens is 2. The first kappa shape index (κ1) is 9.79. The van der Waals surface area contributed by atoms with Gasteiger partial charge in [-0.25, -0.2) is 9.97 Å². The predicted molar refractivity (Wildman–Crippen MR) is 38.8 cm³/mol. The highest BCUT2D eigenvalue weighted by Gasteiger charge is 2.08. The molecule has 1 aromatic heterocycles. The Balaban J connectivity index is 2.75. The summed E-state index contributed by atoms with van der Waals surface area (Å²) < 4.78 is 27.1. The summed E-state index contributed by atoms with van der Waals surface area (Å²) in [6, 6.07) is 0. The molecule has 0 aliphatic rings. The van der Waals surface area contributed by atoms with Crippen LogP contribution in [0.15, 0.2) is 12.4 Å². The van der Waals surface area contributed by atoms with Crippen molar-refractivity contribution in [3.8, 4) is 5.88 Å². The maximum absolute atomic E-state index is 11.6. The second-order valence-corrected chi connectivity index (χ2v) is 2.24. The Morgan fingerprint density at radius 3 is 2.54 bits per heavy atom. The molecular weight excluding hydrogens is 206 g/mol. The van der Waals surface area contributed by atoms with Gasteiger partial charge >= 0.3 is 6.61 Å². The van der Waals surface area contributed by atoms with Crippen LogP contribution in [0.3, 0.4) is 0 Å². The van der Waals surface area contributed by atoms with Crippen LogP contribution in [0.5, 0.6) is 5.88 Å². The first-order chi connectivity index (χ1) is 6.09. The minimum Gasteiger partial charge on any atom is -0.415 e. The smallest absolute Gasteiger partial charge is 0.388 e. The fraction of sp³-hybridized carbons (Fsp3) is 0.167. The number of carbonyl (C=O) groups excluding carboxylic acids is 1. The summed E-state index contributed by atoms with van der Waals surface area (Å²) in [6.45, 7) is -2.97. The summed E-state index contributed by atoms with van der Waals surface area (Å²) in [6.07, 6.45) is 1.84. The Bertz CT molecular complexity index is 304. The number of carbonyl (C=O) groups is 1. The third-order valence-corrected chi connectivity index (χ3v) is 1.23. The number of nitrogens with zero attached hydrogens (tertiary/aromatic N) is 2. The zero-order valence-electron chi connectivity index (χ0n) is 6.08. The van der Waals surface area contributed by atoms with Crippen molar-refractivity contribution in [1.82, 2.24) is 9.97 Å². The van der Waals surface area contributed by atoms with E-state index < -0.39 is 11.9 Å². The van der Waals surface area contributed by atoms with Crippen LogP contribution in [0.4, 0.5) is 8.78 Å². The number of halogens is 3. The van der Waals surface area contributed by atoms with Crippen LogP contribution in [0.25, 0.3) is 0 Å². The molecule has 0 N–H and O–H groups in total. The second kappa shape index (κ2) is 4.08. The zero-order chi connectivity index (χ0) is 9.84. The van der Waals surface area contributed by atoms with Gasteiger partial charge in [-0.15, -0.1) is 0 Å². The molecule has 0 aromatic carbocycles. The topological polar surface area (TPSA) is 52.1 Å². The van der Waals surface area contributed by atoms with Crippen LogP contribution in [-0.2, 0) is 0 Å². The van der Waals surface area contributed by atoms with E-state index in [1.54, 1.807) is 0 Å². The van der Waals surface area contributed by atoms with Gasteiger partial charge in [0.05, 0.1) is 12.4 Å². The minimum absolute atomic E-state index is 0.122.